The summed E-state index contributed by atoms with van der Waals surface area (Å²) in [4.78, 5) is 24.7. The van der Waals surface area contributed by atoms with Crippen LogP contribution in [-0.2, 0) is 32.6 Å². The summed E-state index contributed by atoms with van der Waals surface area (Å²) in [6.07, 6.45) is 3.03. The lowest BCUT2D eigenvalue weighted by Crippen LogP contribution is -2.45. The molecule has 4 rings (SSSR count). The first kappa shape index (κ1) is 23.3. The molecule has 176 valence electrons. The largest absolute Gasteiger partial charge is 0.497 e. The minimum Gasteiger partial charge on any atom is -0.497 e. The summed E-state index contributed by atoms with van der Waals surface area (Å²) in [5.41, 5.74) is 2.44. The number of benzene rings is 2. The second-order valence-electron chi connectivity index (χ2n) is 8.49. The van der Waals surface area contributed by atoms with E-state index < -0.39 is 15.9 Å². The Kier molecular flexibility index (Phi) is 6.99. The van der Waals surface area contributed by atoms with Crippen LogP contribution in [0.1, 0.15) is 36.8 Å². The summed E-state index contributed by atoms with van der Waals surface area (Å²) in [5, 5.41) is 5.76. The van der Waals surface area contributed by atoms with Gasteiger partial charge in [-0.3, -0.25) is 9.59 Å². The molecule has 0 bridgehead atoms. The number of aryl methyl sites for hydroxylation is 1. The van der Waals surface area contributed by atoms with Crippen molar-refractivity contribution in [2.45, 2.75) is 43.5 Å². The van der Waals surface area contributed by atoms with Crippen LogP contribution in [0.25, 0.3) is 0 Å². The van der Waals surface area contributed by atoms with Gasteiger partial charge in [0.05, 0.1) is 17.9 Å². The van der Waals surface area contributed by atoms with Gasteiger partial charge in [-0.1, -0.05) is 12.1 Å². The molecule has 1 atom stereocenters. The molecule has 2 N–H and O–H groups in total. The highest BCUT2D eigenvalue weighted by Crippen LogP contribution is 2.29. The van der Waals surface area contributed by atoms with Gasteiger partial charge >= 0.3 is 0 Å². The maximum Gasteiger partial charge on any atom is 0.243 e. The van der Waals surface area contributed by atoms with Gasteiger partial charge in [0.1, 0.15) is 5.75 Å². The molecule has 1 saturated heterocycles. The number of nitrogens with zero attached hydrogens (tertiary/aromatic N) is 1. The first-order valence-electron chi connectivity index (χ1n) is 11.2. The number of anilines is 1. The number of hydrogen-bond donors (Lipinski definition) is 2. The molecule has 0 radical (unpaired) electrons. The first-order valence-corrected chi connectivity index (χ1v) is 12.6. The predicted molar refractivity (Wildman–Crippen MR) is 124 cm³/mol. The Morgan fingerprint density at radius 3 is 2.70 bits per heavy atom. The van der Waals surface area contributed by atoms with Gasteiger partial charge in [-0.15, -0.1) is 0 Å². The number of carbonyl (C=O) groups excluding carboxylic acids is 2. The van der Waals surface area contributed by atoms with Crippen molar-refractivity contribution in [1.29, 1.82) is 0 Å². The van der Waals surface area contributed by atoms with E-state index in [9.17, 15) is 18.0 Å². The molecule has 1 fully saturated rings. The average Bonchev–Trinajstić information content (AvgIpc) is 3.02. The monoisotopic (exact) mass is 471 g/mol. The van der Waals surface area contributed by atoms with Crippen LogP contribution >= 0.6 is 0 Å². The first-order chi connectivity index (χ1) is 15.9. The van der Waals surface area contributed by atoms with Crippen molar-refractivity contribution in [3.05, 3.63) is 53.6 Å². The van der Waals surface area contributed by atoms with Crippen molar-refractivity contribution >= 4 is 27.5 Å². The number of hydrogen-bond acceptors (Lipinski definition) is 5. The molecule has 2 heterocycles. The minimum absolute atomic E-state index is 0.0520. The van der Waals surface area contributed by atoms with E-state index in [0.717, 1.165) is 16.9 Å². The van der Waals surface area contributed by atoms with Gasteiger partial charge < -0.3 is 15.4 Å². The van der Waals surface area contributed by atoms with Crippen LogP contribution in [0.5, 0.6) is 5.75 Å². The number of ether oxygens (including phenoxy) is 1. The van der Waals surface area contributed by atoms with Gasteiger partial charge in [0.2, 0.25) is 21.8 Å². The lowest BCUT2D eigenvalue weighted by atomic mass is 9.99. The molecule has 2 aromatic rings. The van der Waals surface area contributed by atoms with E-state index >= 15 is 0 Å². The van der Waals surface area contributed by atoms with Crippen LogP contribution < -0.4 is 15.4 Å². The van der Waals surface area contributed by atoms with E-state index in [1.54, 1.807) is 19.2 Å². The zero-order valence-corrected chi connectivity index (χ0v) is 19.5. The molecule has 8 nitrogen and oxygen atoms in total. The third-order valence-electron chi connectivity index (χ3n) is 6.22. The number of methoxy groups -OCH3 is 1. The second-order valence-corrected chi connectivity index (χ2v) is 10.4. The molecule has 2 aromatic carbocycles. The summed E-state index contributed by atoms with van der Waals surface area (Å²) >= 11 is 0. The normalized spacial score (nSPS) is 19.2. The standard InChI is InChI=1S/C24H29N3O5S/c1-32-20-9-7-17(8-10-20)15-25-24(29)19-5-3-13-27(16-19)33(30,31)21-11-12-22-18(14-21)4-2-6-23(28)26-22/h7-12,14,19H,2-6,13,15-16H2,1H3,(H,25,29)(H,26,28)/t19-/m0/s1. The van der Waals surface area contributed by atoms with Crippen molar-refractivity contribution in [1.82, 2.24) is 9.62 Å². The van der Waals surface area contributed by atoms with E-state index in [1.807, 2.05) is 24.3 Å². The topological polar surface area (TPSA) is 105 Å². The zero-order chi connectivity index (χ0) is 23.4. The van der Waals surface area contributed by atoms with Crippen LogP contribution in [0.3, 0.4) is 0 Å². The van der Waals surface area contributed by atoms with E-state index in [-0.39, 0.29) is 23.3 Å². The Morgan fingerprint density at radius 2 is 1.94 bits per heavy atom. The van der Waals surface area contributed by atoms with Gasteiger partial charge in [0.15, 0.2) is 0 Å². The molecule has 2 aliphatic rings. The summed E-state index contributed by atoms with van der Waals surface area (Å²) < 4.78 is 33.2. The molecule has 0 spiro atoms. The highest BCUT2D eigenvalue weighted by Gasteiger charge is 2.33. The van der Waals surface area contributed by atoms with Crippen LogP contribution in [0, 0.1) is 5.92 Å². The maximum absolute atomic E-state index is 13.3. The molecular formula is C24H29N3O5S. The Bertz CT molecular complexity index is 1130. The summed E-state index contributed by atoms with van der Waals surface area (Å²) in [6.45, 7) is 0.922. The molecule has 0 aliphatic carbocycles. The van der Waals surface area contributed by atoms with Gasteiger partial charge in [-0.05, 0) is 67.1 Å². The Labute approximate surface area is 194 Å². The van der Waals surface area contributed by atoms with Crippen molar-refractivity contribution < 1.29 is 22.7 Å². The third kappa shape index (κ3) is 5.36. The van der Waals surface area contributed by atoms with Gasteiger partial charge in [0, 0.05) is 31.7 Å². The quantitative estimate of drug-likeness (QED) is 0.674. The highest BCUT2D eigenvalue weighted by molar-refractivity contribution is 7.89. The number of rotatable bonds is 6. The highest BCUT2D eigenvalue weighted by atomic mass is 32.2. The molecule has 0 unspecified atom stereocenters. The van der Waals surface area contributed by atoms with Crippen LogP contribution in [0.4, 0.5) is 5.69 Å². The molecule has 2 aliphatic heterocycles. The van der Waals surface area contributed by atoms with E-state index in [0.29, 0.717) is 50.9 Å². The molecule has 0 saturated carbocycles. The maximum atomic E-state index is 13.3. The van der Waals surface area contributed by atoms with Crippen LogP contribution in [0.2, 0.25) is 0 Å². The average molecular weight is 472 g/mol. The summed E-state index contributed by atoms with van der Waals surface area (Å²) in [6, 6.07) is 12.3. The molecule has 2 amide bonds. The number of nitrogens with one attached hydrogen (secondary N) is 2. The molecule has 33 heavy (non-hydrogen) atoms. The summed E-state index contributed by atoms with van der Waals surface area (Å²) in [7, 11) is -2.14. The number of amides is 2. The van der Waals surface area contributed by atoms with Crippen molar-refractivity contribution in [2.75, 3.05) is 25.5 Å². The van der Waals surface area contributed by atoms with Gasteiger partial charge in [0.25, 0.3) is 0 Å². The SMILES string of the molecule is COc1ccc(CNC(=O)[C@H]2CCCN(S(=O)(=O)c3ccc4c(c3)CCCC(=O)N4)C2)cc1. The Balaban J connectivity index is 1.42. The van der Waals surface area contributed by atoms with Crippen LogP contribution in [0.15, 0.2) is 47.4 Å². The fraction of sp³-hybridized carbons (Fsp3) is 0.417. The van der Waals surface area contributed by atoms with Gasteiger partial charge in [-0.25, -0.2) is 8.42 Å². The van der Waals surface area contributed by atoms with Gasteiger partial charge in [-0.2, -0.15) is 4.31 Å². The number of carbonyl (C=O) groups is 2. The van der Waals surface area contributed by atoms with E-state index in [2.05, 4.69) is 10.6 Å². The lowest BCUT2D eigenvalue weighted by Gasteiger charge is -2.31. The smallest absolute Gasteiger partial charge is 0.243 e. The number of fused-ring (bicyclic) bond motifs is 1. The van der Waals surface area contributed by atoms with Crippen molar-refractivity contribution in [3.63, 3.8) is 0 Å². The Morgan fingerprint density at radius 1 is 1.15 bits per heavy atom. The predicted octanol–water partition coefficient (Wildman–Crippen LogP) is 2.69. The molecule has 0 aromatic heterocycles. The number of piperidine rings is 1. The minimum atomic E-state index is -3.74. The molecular weight excluding hydrogens is 442 g/mol. The van der Waals surface area contributed by atoms with Crippen LogP contribution in [-0.4, -0.2) is 44.7 Å². The fourth-order valence-corrected chi connectivity index (χ4v) is 5.89. The van der Waals surface area contributed by atoms with Crippen molar-refractivity contribution in [2.24, 2.45) is 5.92 Å². The summed E-state index contributed by atoms with van der Waals surface area (Å²) in [5.74, 6) is 0.157. The lowest BCUT2D eigenvalue weighted by molar-refractivity contribution is -0.126. The van der Waals surface area contributed by atoms with E-state index in [4.69, 9.17) is 4.74 Å². The zero-order valence-electron chi connectivity index (χ0n) is 18.7. The second kappa shape index (κ2) is 9.93. The number of sulfonamides is 1. The van der Waals surface area contributed by atoms with Crippen molar-refractivity contribution in [3.8, 4) is 5.75 Å². The molecule has 9 heteroatoms. The van der Waals surface area contributed by atoms with E-state index in [1.165, 1.54) is 10.4 Å². The fourth-order valence-electron chi connectivity index (χ4n) is 4.31. The Hall–Kier alpha value is -2.91. The third-order valence-corrected chi connectivity index (χ3v) is 8.08.